The molecule has 7 heteroatoms. The fourth-order valence-electron chi connectivity index (χ4n) is 4.07. The fraction of sp³-hybridized carbons (Fsp3) is 0.429. The van der Waals surface area contributed by atoms with E-state index in [9.17, 15) is 8.42 Å². The molecule has 1 saturated heterocycles. The average Bonchev–Trinajstić information content (AvgIpc) is 2.73. The number of nitrogens with zero attached hydrogens (tertiary/aromatic N) is 1. The van der Waals surface area contributed by atoms with E-state index in [1.54, 1.807) is 16.4 Å². The first-order valence-electron chi connectivity index (χ1n) is 9.47. The van der Waals surface area contributed by atoms with E-state index < -0.39 is 10.0 Å². The van der Waals surface area contributed by atoms with Gasteiger partial charge in [0, 0.05) is 32.0 Å². The summed E-state index contributed by atoms with van der Waals surface area (Å²) < 4.78 is 44.6. The lowest BCUT2D eigenvalue weighted by molar-refractivity contribution is 0.00181. The summed E-state index contributed by atoms with van der Waals surface area (Å²) in [4.78, 5) is 0.219. The van der Waals surface area contributed by atoms with Crippen molar-refractivity contribution >= 4 is 10.0 Å². The molecule has 0 aromatic heterocycles. The molecular weight excluding hydrogens is 378 g/mol. The predicted molar refractivity (Wildman–Crippen MR) is 106 cm³/mol. The molecule has 0 atom stereocenters. The van der Waals surface area contributed by atoms with Crippen LogP contribution < -0.4 is 14.2 Å². The van der Waals surface area contributed by atoms with E-state index in [0.29, 0.717) is 37.4 Å². The molecule has 150 valence electrons. The van der Waals surface area contributed by atoms with Gasteiger partial charge in [0.25, 0.3) is 0 Å². The van der Waals surface area contributed by atoms with Crippen LogP contribution in [0.15, 0.2) is 47.4 Å². The van der Waals surface area contributed by atoms with Gasteiger partial charge in [0.1, 0.15) is 11.4 Å². The Morgan fingerprint density at radius 1 is 0.964 bits per heavy atom. The van der Waals surface area contributed by atoms with Crippen LogP contribution in [0.4, 0.5) is 0 Å². The number of ether oxygens (including phenoxy) is 3. The molecule has 2 aromatic carbocycles. The van der Waals surface area contributed by atoms with E-state index in [1.165, 1.54) is 25.8 Å². The summed E-state index contributed by atoms with van der Waals surface area (Å²) >= 11 is 0. The molecule has 2 aliphatic heterocycles. The maximum Gasteiger partial charge on any atom is 0.243 e. The number of rotatable bonds is 4. The summed E-state index contributed by atoms with van der Waals surface area (Å²) in [5, 5.41) is 0. The number of fused-ring (bicyclic) bond motifs is 1. The molecule has 0 bridgehead atoms. The topological polar surface area (TPSA) is 65.1 Å². The molecule has 2 heterocycles. The molecule has 2 aliphatic rings. The largest absolute Gasteiger partial charge is 0.493 e. The van der Waals surface area contributed by atoms with Crippen molar-refractivity contribution < 1.29 is 22.6 Å². The van der Waals surface area contributed by atoms with E-state index in [4.69, 9.17) is 14.2 Å². The molecule has 0 amide bonds. The monoisotopic (exact) mass is 403 g/mol. The second-order valence-electron chi connectivity index (χ2n) is 7.31. The SMILES string of the molecule is COc1ccc(S(=O)(=O)N2CCC3(CCc4ccccc4O3)CC2)cc1OC. The van der Waals surface area contributed by atoms with Gasteiger partial charge in [0.15, 0.2) is 11.5 Å². The van der Waals surface area contributed by atoms with Crippen molar-refractivity contribution in [1.29, 1.82) is 0 Å². The molecule has 28 heavy (non-hydrogen) atoms. The van der Waals surface area contributed by atoms with E-state index >= 15 is 0 Å². The van der Waals surface area contributed by atoms with Crippen molar-refractivity contribution in [1.82, 2.24) is 4.31 Å². The molecule has 4 rings (SSSR count). The summed E-state index contributed by atoms with van der Waals surface area (Å²) in [6.45, 7) is 0.887. The number of hydrogen-bond acceptors (Lipinski definition) is 5. The first-order chi connectivity index (χ1) is 13.5. The third-order valence-electron chi connectivity index (χ3n) is 5.78. The van der Waals surface area contributed by atoms with Gasteiger partial charge in [-0.3, -0.25) is 0 Å². The van der Waals surface area contributed by atoms with Crippen molar-refractivity contribution in [3.05, 3.63) is 48.0 Å². The summed E-state index contributed by atoms with van der Waals surface area (Å²) in [6, 6.07) is 12.8. The Bertz CT molecular complexity index is 965. The van der Waals surface area contributed by atoms with Crippen LogP contribution in [0.25, 0.3) is 0 Å². The molecule has 6 nitrogen and oxygen atoms in total. The standard InChI is InChI=1S/C21H25NO5S/c1-25-19-8-7-17(15-20(19)26-2)28(23,24)22-13-11-21(12-14-22)10-9-16-5-3-4-6-18(16)27-21/h3-8,15H,9-14H2,1-2H3. The first kappa shape index (κ1) is 19.1. The highest BCUT2D eigenvalue weighted by molar-refractivity contribution is 7.89. The van der Waals surface area contributed by atoms with Crippen LogP contribution in [0.2, 0.25) is 0 Å². The molecule has 0 unspecified atom stereocenters. The Hall–Kier alpha value is -2.25. The number of methoxy groups -OCH3 is 2. The fourth-order valence-corrected chi connectivity index (χ4v) is 5.53. The number of para-hydroxylation sites is 1. The summed E-state index contributed by atoms with van der Waals surface area (Å²) in [7, 11) is -0.570. The molecule has 0 aliphatic carbocycles. The Kier molecular flexibility index (Phi) is 4.97. The number of aryl methyl sites for hydroxylation is 1. The highest BCUT2D eigenvalue weighted by Gasteiger charge is 2.42. The van der Waals surface area contributed by atoms with Gasteiger partial charge in [-0.1, -0.05) is 18.2 Å². The van der Waals surface area contributed by atoms with Crippen LogP contribution in [0.5, 0.6) is 17.2 Å². The Balaban J connectivity index is 1.51. The number of sulfonamides is 1. The van der Waals surface area contributed by atoms with Crippen LogP contribution in [0.3, 0.4) is 0 Å². The smallest absolute Gasteiger partial charge is 0.243 e. The van der Waals surface area contributed by atoms with Crippen LogP contribution >= 0.6 is 0 Å². The second kappa shape index (κ2) is 7.29. The third kappa shape index (κ3) is 3.33. The normalized spacial score (nSPS) is 18.9. The van der Waals surface area contributed by atoms with Crippen molar-refractivity contribution in [3.63, 3.8) is 0 Å². The highest BCUT2D eigenvalue weighted by atomic mass is 32.2. The van der Waals surface area contributed by atoms with Gasteiger partial charge in [-0.2, -0.15) is 4.31 Å². The molecule has 1 fully saturated rings. The predicted octanol–water partition coefficient (Wildman–Crippen LogP) is 3.25. The van der Waals surface area contributed by atoms with Crippen molar-refractivity contribution in [3.8, 4) is 17.2 Å². The Labute approximate surface area is 166 Å². The van der Waals surface area contributed by atoms with E-state index in [-0.39, 0.29) is 10.5 Å². The van der Waals surface area contributed by atoms with Crippen LogP contribution in [-0.4, -0.2) is 45.6 Å². The minimum absolute atomic E-state index is 0.219. The minimum atomic E-state index is -3.59. The van der Waals surface area contributed by atoms with Gasteiger partial charge in [-0.25, -0.2) is 8.42 Å². The van der Waals surface area contributed by atoms with Crippen molar-refractivity contribution in [2.75, 3.05) is 27.3 Å². The maximum atomic E-state index is 13.1. The summed E-state index contributed by atoms with van der Waals surface area (Å²) in [5.41, 5.74) is 0.964. The van der Waals surface area contributed by atoms with Gasteiger partial charge >= 0.3 is 0 Å². The van der Waals surface area contributed by atoms with Gasteiger partial charge in [0.2, 0.25) is 10.0 Å². The van der Waals surface area contributed by atoms with Crippen molar-refractivity contribution in [2.24, 2.45) is 0 Å². The van der Waals surface area contributed by atoms with Crippen LogP contribution in [0.1, 0.15) is 24.8 Å². The van der Waals surface area contributed by atoms with Crippen molar-refractivity contribution in [2.45, 2.75) is 36.2 Å². The van der Waals surface area contributed by atoms with E-state index in [2.05, 4.69) is 6.07 Å². The zero-order valence-corrected chi connectivity index (χ0v) is 17.0. The van der Waals surface area contributed by atoms with Gasteiger partial charge in [0.05, 0.1) is 19.1 Å². The molecule has 0 radical (unpaired) electrons. The number of benzene rings is 2. The molecule has 0 saturated carbocycles. The lowest BCUT2D eigenvalue weighted by Crippen LogP contribution is -2.51. The van der Waals surface area contributed by atoms with Gasteiger partial charge in [-0.15, -0.1) is 0 Å². The third-order valence-corrected chi connectivity index (χ3v) is 7.67. The number of hydrogen-bond donors (Lipinski definition) is 0. The second-order valence-corrected chi connectivity index (χ2v) is 9.25. The molecular formula is C21H25NO5S. The summed E-state index contributed by atoms with van der Waals surface area (Å²) in [6.07, 6.45) is 3.27. The minimum Gasteiger partial charge on any atom is -0.493 e. The lowest BCUT2D eigenvalue weighted by Gasteiger charge is -2.44. The first-order valence-corrected chi connectivity index (χ1v) is 10.9. The van der Waals surface area contributed by atoms with E-state index in [0.717, 1.165) is 18.6 Å². The van der Waals surface area contributed by atoms with E-state index in [1.807, 2.05) is 18.2 Å². The molecule has 0 N–H and O–H groups in total. The number of piperidine rings is 1. The zero-order valence-electron chi connectivity index (χ0n) is 16.2. The lowest BCUT2D eigenvalue weighted by atomic mass is 9.84. The Morgan fingerprint density at radius 3 is 2.39 bits per heavy atom. The quantitative estimate of drug-likeness (QED) is 0.784. The van der Waals surface area contributed by atoms with Gasteiger partial charge < -0.3 is 14.2 Å². The molecule has 1 spiro atoms. The maximum absolute atomic E-state index is 13.1. The Morgan fingerprint density at radius 2 is 1.68 bits per heavy atom. The highest BCUT2D eigenvalue weighted by Crippen LogP contribution is 2.40. The molecule has 2 aromatic rings. The average molecular weight is 404 g/mol. The van der Waals surface area contributed by atoms with Crippen LogP contribution in [0, 0.1) is 0 Å². The van der Waals surface area contributed by atoms with Gasteiger partial charge in [-0.05, 0) is 36.6 Å². The summed E-state index contributed by atoms with van der Waals surface area (Å²) in [5.74, 6) is 1.85. The zero-order chi connectivity index (χ0) is 19.8. The van der Waals surface area contributed by atoms with Crippen LogP contribution in [-0.2, 0) is 16.4 Å².